The van der Waals surface area contributed by atoms with Crippen LogP contribution in [0.1, 0.15) is 30.4 Å². The van der Waals surface area contributed by atoms with Crippen LogP contribution >= 0.6 is 0 Å². The number of aromatic nitrogens is 3. The number of halogens is 3. The molecule has 1 atom stereocenters. The van der Waals surface area contributed by atoms with E-state index in [-0.39, 0.29) is 11.6 Å². The number of hydrogen-bond acceptors (Lipinski definition) is 7. The molecule has 3 rings (SSSR count). The lowest BCUT2D eigenvalue weighted by Gasteiger charge is -2.33. The third-order valence-electron chi connectivity index (χ3n) is 4.50. The van der Waals surface area contributed by atoms with E-state index in [2.05, 4.69) is 15.2 Å². The zero-order valence-electron chi connectivity index (χ0n) is 14.6. The van der Waals surface area contributed by atoms with Gasteiger partial charge in [-0.3, -0.25) is 15.2 Å². The van der Waals surface area contributed by atoms with Crippen molar-refractivity contribution < 1.29 is 26.5 Å². The molecule has 0 spiro atoms. The summed E-state index contributed by atoms with van der Waals surface area (Å²) in [7, 11) is -5.68. The van der Waals surface area contributed by atoms with Gasteiger partial charge in [-0.25, -0.2) is 13.4 Å². The van der Waals surface area contributed by atoms with Gasteiger partial charge in [0.05, 0.1) is 9.82 Å². The average Bonchev–Trinajstić information content (AvgIpc) is 3.07. The van der Waals surface area contributed by atoms with E-state index in [4.69, 9.17) is 0 Å². The molecular formula is C15H16F3N5O4S. The van der Waals surface area contributed by atoms with E-state index in [9.17, 15) is 31.7 Å². The molecule has 0 bridgehead atoms. The van der Waals surface area contributed by atoms with Crippen molar-refractivity contribution in [1.29, 1.82) is 0 Å². The summed E-state index contributed by atoms with van der Waals surface area (Å²) in [5, 5.41) is 18.2. The first-order valence-electron chi connectivity index (χ1n) is 8.24. The standard InChI is InChI=1S/C15H16F3N5O4S/c1-9-19-14(21-20-9)10-3-2-6-22(8-10)12-5-4-11(7-13(12)23(24)25)28(26,27)15(16,17)18/h4-5,7,10H,2-3,6,8H2,1H3,(H,19,20,21). The number of benzene rings is 1. The number of nitro groups is 1. The Morgan fingerprint density at radius 3 is 2.64 bits per heavy atom. The van der Waals surface area contributed by atoms with Crippen LogP contribution in [0.5, 0.6) is 0 Å². The quantitative estimate of drug-likeness (QED) is 0.597. The molecule has 0 aliphatic carbocycles. The maximum absolute atomic E-state index is 12.8. The van der Waals surface area contributed by atoms with Gasteiger partial charge in [0.2, 0.25) is 0 Å². The third-order valence-corrected chi connectivity index (χ3v) is 5.98. The molecular weight excluding hydrogens is 403 g/mol. The molecule has 1 aromatic carbocycles. The second-order valence-electron chi connectivity index (χ2n) is 6.42. The van der Waals surface area contributed by atoms with Gasteiger partial charge in [-0.05, 0) is 31.9 Å². The number of alkyl halides is 3. The van der Waals surface area contributed by atoms with E-state index >= 15 is 0 Å². The van der Waals surface area contributed by atoms with Gasteiger partial charge >= 0.3 is 5.51 Å². The molecule has 1 fully saturated rings. The van der Waals surface area contributed by atoms with Gasteiger partial charge in [0, 0.05) is 25.1 Å². The molecule has 1 aromatic heterocycles. The molecule has 2 heterocycles. The van der Waals surface area contributed by atoms with Crippen LogP contribution in [0.25, 0.3) is 0 Å². The highest BCUT2D eigenvalue weighted by atomic mass is 32.2. The molecule has 0 radical (unpaired) electrons. The van der Waals surface area contributed by atoms with Gasteiger partial charge in [-0.15, -0.1) is 0 Å². The number of rotatable bonds is 4. The highest BCUT2D eigenvalue weighted by Gasteiger charge is 2.47. The molecule has 1 unspecified atom stereocenters. The molecule has 13 heteroatoms. The average molecular weight is 419 g/mol. The lowest BCUT2D eigenvalue weighted by Crippen LogP contribution is -2.35. The molecule has 2 aromatic rings. The number of nitrogens with one attached hydrogen (secondary N) is 1. The Balaban J connectivity index is 1.96. The number of anilines is 1. The predicted octanol–water partition coefficient (Wildman–Crippen LogP) is 2.70. The Morgan fingerprint density at radius 1 is 1.36 bits per heavy atom. The second-order valence-corrected chi connectivity index (χ2v) is 8.36. The van der Waals surface area contributed by atoms with Crippen LogP contribution in [-0.2, 0) is 9.84 Å². The highest BCUT2D eigenvalue weighted by molar-refractivity contribution is 7.92. The molecule has 0 saturated carbocycles. The van der Waals surface area contributed by atoms with Gasteiger partial charge in [-0.1, -0.05) is 0 Å². The minimum atomic E-state index is -5.68. The Kier molecular flexibility index (Phi) is 5.04. The van der Waals surface area contributed by atoms with Crippen molar-refractivity contribution in [2.45, 2.75) is 36.1 Å². The van der Waals surface area contributed by atoms with Crippen molar-refractivity contribution in [2.24, 2.45) is 0 Å². The summed E-state index contributed by atoms with van der Waals surface area (Å²) in [6, 6.07) is 2.24. The zero-order chi connectivity index (χ0) is 20.7. The number of aromatic amines is 1. The fraction of sp³-hybridized carbons (Fsp3) is 0.467. The van der Waals surface area contributed by atoms with Gasteiger partial charge in [0.15, 0.2) is 5.82 Å². The molecule has 1 saturated heterocycles. The lowest BCUT2D eigenvalue weighted by molar-refractivity contribution is -0.384. The van der Waals surface area contributed by atoms with E-state index < -0.39 is 30.9 Å². The topological polar surface area (TPSA) is 122 Å². The normalized spacial score (nSPS) is 18.3. The summed E-state index contributed by atoms with van der Waals surface area (Å²) in [5.74, 6) is 1.07. The van der Waals surface area contributed by atoms with Crippen molar-refractivity contribution in [3.63, 3.8) is 0 Å². The summed E-state index contributed by atoms with van der Waals surface area (Å²) in [6.07, 6.45) is 1.42. The number of hydrogen-bond donors (Lipinski definition) is 1. The van der Waals surface area contributed by atoms with Crippen molar-refractivity contribution in [2.75, 3.05) is 18.0 Å². The number of aryl methyl sites for hydroxylation is 1. The fourth-order valence-electron chi connectivity index (χ4n) is 3.17. The van der Waals surface area contributed by atoms with Gasteiger partial charge in [0.25, 0.3) is 15.5 Å². The number of sulfone groups is 1. The van der Waals surface area contributed by atoms with Crippen LogP contribution in [0.2, 0.25) is 0 Å². The fourth-order valence-corrected chi connectivity index (χ4v) is 3.95. The van der Waals surface area contributed by atoms with Crippen LogP contribution in [0.3, 0.4) is 0 Å². The van der Waals surface area contributed by atoms with E-state index in [0.717, 1.165) is 18.6 Å². The Morgan fingerprint density at radius 2 is 2.07 bits per heavy atom. The first-order chi connectivity index (χ1) is 13.0. The summed E-state index contributed by atoms with van der Waals surface area (Å²) in [6.45, 7) is 2.50. The van der Waals surface area contributed by atoms with Gasteiger partial charge in [-0.2, -0.15) is 18.3 Å². The van der Waals surface area contributed by atoms with E-state index in [1.54, 1.807) is 11.8 Å². The smallest absolute Gasteiger partial charge is 0.365 e. The number of nitrogens with zero attached hydrogens (tertiary/aromatic N) is 4. The van der Waals surface area contributed by atoms with Gasteiger partial charge in [0.1, 0.15) is 11.5 Å². The summed E-state index contributed by atoms with van der Waals surface area (Å²) in [5.41, 5.74) is -6.18. The second kappa shape index (κ2) is 7.04. The highest BCUT2D eigenvalue weighted by Crippen LogP contribution is 2.38. The number of nitro benzene ring substituents is 1. The SMILES string of the molecule is Cc1nc(C2CCCN(c3ccc(S(=O)(=O)C(F)(F)F)cc3[N+](=O)[O-])C2)n[nH]1. The predicted molar refractivity (Wildman–Crippen MR) is 91.6 cm³/mol. The third kappa shape index (κ3) is 3.66. The minimum absolute atomic E-state index is 0.0584. The molecule has 0 amide bonds. The minimum Gasteiger partial charge on any atom is -0.365 e. The number of piperidine rings is 1. The first kappa shape index (κ1) is 20.0. The lowest BCUT2D eigenvalue weighted by atomic mass is 9.96. The monoisotopic (exact) mass is 419 g/mol. The molecule has 1 N–H and O–H groups in total. The van der Waals surface area contributed by atoms with Crippen LogP contribution in [-0.4, -0.2) is 47.1 Å². The number of H-pyrrole nitrogens is 1. The first-order valence-corrected chi connectivity index (χ1v) is 9.72. The Hall–Kier alpha value is -2.70. The van der Waals surface area contributed by atoms with Crippen LogP contribution in [0.15, 0.2) is 23.1 Å². The molecule has 28 heavy (non-hydrogen) atoms. The van der Waals surface area contributed by atoms with Crippen LogP contribution in [0.4, 0.5) is 24.5 Å². The van der Waals surface area contributed by atoms with E-state index in [1.807, 2.05) is 0 Å². The molecule has 1 aliphatic rings. The van der Waals surface area contributed by atoms with Crippen molar-refractivity contribution in [3.05, 3.63) is 40.0 Å². The summed E-state index contributed by atoms with van der Waals surface area (Å²) >= 11 is 0. The van der Waals surface area contributed by atoms with Crippen molar-refractivity contribution >= 4 is 21.2 Å². The van der Waals surface area contributed by atoms with Crippen molar-refractivity contribution in [3.8, 4) is 0 Å². The maximum Gasteiger partial charge on any atom is 0.501 e. The summed E-state index contributed by atoms with van der Waals surface area (Å²) in [4.78, 5) is 15.3. The van der Waals surface area contributed by atoms with E-state index in [1.165, 1.54) is 0 Å². The Bertz CT molecular complexity index is 1010. The molecule has 1 aliphatic heterocycles. The Labute approximate surface area is 157 Å². The largest absolute Gasteiger partial charge is 0.501 e. The van der Waals surface area contributed by atoms with E-state index in [0.29, 0.717) is 37.2 Å². The molecule has 152 valence electrons. The van der Waals surface area contributed by atoms with Crippen LogP contribution in [0, 0.1) is 17.0 Å². The van der Waals surface area contributed by atoms with Crippen molar-refractivity contribution in [1.82, 2.24) is 15.2 Å². The summed E-state index contributed by atoms with van der Waals surface area (Å²) < 4.78 is 61.4. The zero-order valence-corrected chi connectivity index (χ0v) is 15.4. The molecule has 9 nitrogen and oxygen atoms in total. The maximum atomic E-state index is 12.8. The van der Waals surface area contributed by atoms with Crippen LogP contribution < -0.4 is 4.90 Å². The van der Waals surface area contributed by atoms with Gasteiger partial charge < -0.3 is 4.90 Å².